The molecule has 18 heavy (non-hydrogen) atoms. The molecule has 0 saturated heterocycles. The zero-order chi connectivity index (χ0) is 13.7. The van der Waals surface area contributed by atoms with E-state index < -0.39 is 0 Å². The van der Waals surface area contributed by atoms with Crippen molar-refractivity contribution < 1.29 is 0 Å². The molecule has 0 radical (unpaired) electrons. The van der Waals surface area contributed by atoms with E-state index in [4.69, 9.17) is 0 Å². The van der Waals surface area contributed by atoms with Gasteiger partial charge in [0.15, 0.2) is 0 Å². The average molecular weight is 236 g/mol. The Bertz CT molecular complexity index is 627. The number of rotatable bonds is 0. The standard InChI is InChI=1S/C16H18.C2H2/c1-5-13-11(3)15-9-7-8-10-16(15)12(4)14(13)6-2;1-2/h5-10H,1-4H3;1-2H/b13-5-,14-6-;. The lowest BCUT2D eigenvalue weighted by Gasteiger charge is -2.08. The Kier molecular flexibility index (Phi) is 4.75. The molecule has 0 fully saturated rings. The van der Waals surface area contributed by atoms with Gasteiger partial charge in [-0.05, 0) is 60.0 Å². The molecule has 92 valence electrons. The van der Waals surface area contributed by atoms with E-state index in [1.807, 2.05) is 0 Å². The largest absolute Gasteiger partial charge is 0.124 e. The fraction of sp³-hybridized carbons (Fsp3) is 0.222. The summed E-state index contributed by atoms with van der Waals surface area (Å²) in [7, 11) is 0. The maximum atomic E-state index is 4.00. The third-order valence-electron chi connectivity index (χ3n) is 3.41. The van der Waals surface area contributed by atoms with Crippen LogP contribution < -0.4 is 10.4 Å². The van der Waals surface area contributed by atoms with E-state index in [1.165, 1.54) is 32.3 Å². The highest BCUT2D eigenvalue weighted by atomic mass is 14.1. The lowest BCUT2D eigenvalue weighted by atomic mass is 9.96. The second-order valence-corrected chi connectivity index (χ2v) is 4.20. The summed E-state index contributed by atoms with van der Waals surface area (Å²) in [5, 5.41) is 5.50. The van der Waals surface area contributed by atoms with Crippen LogP contribution in [0.25, 0.3) is 22.9 Å². The Hall–Kier alpha value is -2.00. The van der Waals surface area contributed by atoms with Gasteiger partial charge in [-0.15, -0.1) is 12.8 Å². The maximum absolute atomic E-state index is 4.00. The molecule has 0 heterocycles. The highest BCUT2D eigenvalue weighted by molar-refractivity contribution is 5.89. The third kappa shape index (κ3) is 2.17. The minimum Gasteiger partial charge on any atom is -0.124 e. The fourth-order valence-corrected chi connectivity index (χ4v) is 2.58. The second kappa shape index (κ2) is 6.07. The summed E-state index contributed by atoms with van der Waals surface area (Å²) in [4.78, 5) is 0. The zero-order valence-electron chi connectivity index (χ0n) is 11.6. The highest BCUT2D eigenvalue weighted by Gasteiger charge is 2.03. The molecule has 0 aliphatic rings. The van der Waals surface area contributed by atoms with Crippen molar-refractivity contribution in [1.82, 2.24) is 0 Å². The zero-order valence-corrected chi connectivity index (χ0v) is 11.6. The molecular formula is C18H20. The van der Waals surface area contributed by atoms with Gasteiger partial charge in [0, 0.05) is 0 Å². The Morgan fingerprint density at radius 3 is 1.39 bits per heavy atom. The van der Waals surface area contributed by atoms with Gasteiger partial charge in [-0.3, -0.25) is 0 Å². The van der Waals surface area contributed by atoms with Crippen LogP contribution in [-0.4, -0.2) is 0 Å². The van der Waals surface area contributed by atoms with Gasteiger partial charge in [-0.1, -0.05) is 36.4 Å². The molecule has 0 heteroatoms. The molecule has 2 aromatic rings. The number of terminal acetylenes is 1. The Morgan fingerprint density at radius 1 is 0.778 bits per heavy atom. The molecule has 0 aliphatic carbocycles. The van der Waals surface area contributed by atoms with E-state index in [-0.39, 0.29) is 0 Å². The molecule has 2 aromatic carbocycles. The fourth-order valence-electron chi connectivity index (χ4n) is 2.58. The first-order valence-corrected chi connectivity index (χ1v) is 6.14. The van der Waals surface area contributed by atoms with Crippen molar-refractivity contribution >= 4 is 22.9 Å². The van der Waals surface area contributed by atoms with Crippen molar-refractivity contribution in [3.63, 3.8) is 0 Å². The first kappa shape index (κ1) is 14.1. The Morgan fingerprint density at radius 2 is 1.11 bits per heavy atom. The van der Waals surface area contributed by atoms with Gasteiger partial charge in [0.25, 0.3) is 0 Å². The lowest BCUT2D eigenvalue weighted by Crippen LogP contribution is -2.30. The quantitative estimate of drug-likeness (QED) is 0.616. The summed E-state index contributed by atoms with van der Waals surface area (Å²) in [5.41, 5.74) is 2.77. The summed E-state index contributed by atoms with van der Waals surface area (Å²) < 4.78 is 0. The molecule has 0 atom stereocenters. The second-order valence-electron chi connectivity index (χ2n) is 4.20. The molecule has 0 bridgehead atoms. The summed E-state index contributed by atoms with van der Waals surface area (Å²) in [6.45, 7) is 8.65. The van der Waals surface area contributed by atoms with Crippen LogP contribution in [0.3, 0.4) is 0 Å². The minimum atomic E-state index is 1.37. The first-order valence-electron chi connectivity index (χ1n) is 6.14. The highest BCUT2D eigenvalue weighted by Crippen LogP contribution is 2.16. The van der Waals surface area contributed by atoms with Gasteiger partial charge in [-0.2, -0.15) is 0 Å². The molecule has 0 unspecified atom stereocenters. The molecular weight excluding hydrogens is 216 g/mol. The smallest absolute Gasteiger partial charge is 0.0146 e. The van der Waals surface area contributed by atoms with Crippen LogP contribution >= 0.6 is 0 Å². The monoisotopic (exact) mass is 236 g/mol. The molecule has 0 nitrogen and oxygen atoms in total. The number of hydrogen-bond acceptors (Lipinski definition) is 0. The number of fused-ring (bicyclic) bond motifs is 1. The topological polar surface area (TPSA) is 0 Å². The normalized spacial score (nSPS) is 12.3. The van der Waals surface area contributed by atoms with E-state index in [2.05, 4.69) is 77.0 Å². The summed E-state index contributed by atoms with van der Waals surface area (Å²) in [6.07, 6.45) is 12.4. The molecule has 0 aliphatic heterocycles. The van der Waals surface area contributed by atoms with Crippen LogP contribution in [0.4, 0.5) is 0 Å². The van der Waals surface area contributed by atoms with Gasteiger partial charge >= 0.3 is 0 Å². The van der Waals surface area contributed by atoms with Gasteiger partial charge in [0.2, 0.25) is 0 Å². The SMILES string of the molecule is C#C.C/C=c1/c(C)c2ccccc2c(C)/c1=C/C. The number of hydrogen-bond donors (Lipinski definition) is 0. The van der Waals surface area contributed by atoms with Crippen LogP contribution in [-0.2, 0) is 0 Å². The lowest BCUT2D eigenvalue weighted by molar-refractivity contribution is 1.34. The Balaban J connectivity index is 0.000000771. The van der Waals surface area contributed by atoms with Crippen molar-refractivity contribution in [3.8, 4) is 12.8 Å². The first-order chi connectivity index (χ1) is 8.70. The molecule has 2 rings (SSSR count). The molecule has 0 amide bonds. The Labute approximate surface area is 110 Å². The van der Waals surface area contributed by atoms with Crippen molar-refractivity contribution in [2.45, 2.75) is 27.7 Å². The number of aryl methyl sites for hydroxylation is 2. The predicted octanol–water partition coefficient (Wildman–Crippen LogP) is 3.31. The van der Waals surface area contributed by atoms with Gasteiger partial charge in [-0.25, -0.2) is 0 Å². The molecule has 0 N–H and O–H groups in total. The number of benzene rings is 2. The van der Waals surface area contributed by atoms with E-state index in [0.29, 0.717) is 0 Å². The van der Waals surface area contributed by atoms with Gasteiger partial charge in [0.05, 0.1) is 0 Å². The predicted molar refractivity (Wildman–Crippen MR) is 82.8 cm³/mol. The summed E-state index contributed by atoms with van der Waals surface area (Å²) in [5.74, 6) is 0. The van der Waals surface area contributed by atoms with Gasteiger partial charge in [0.1, 0.15) is 0 Å². The van der Waals surface area contributed by atoms with E-state index >= 15 is 0 Å². The van der Waals surface area contributed by atoms with Crippen molar-refractivity contribution in [1.29, 1.82) is 0 Å². The van der Waals surface area contributed by atoms with E-state index in [9.17, 15) is 0 Å². The molecule has 0 aromatic heterocycles. The third-order valence-corrected chi connectivity index (χ3v) is 3.41. The average Bonchev–Trinajstić information content (AvgIpc) is 2.44. The summed E-state index contributed by atoms with van der Waals surface area (Å²) >= 11 is 0. The van der Waals surface area contributed by atoms with Crippen LogP contribution in [0.2, 0.25) is 0 Å². The minimum absolute atomic E-state index is 1.37. The van der Waals surface area contributed by atoms with E-state index in [1.54, 1.807) is 0 Å². The van der Waals surface area contributed by atoms with Crippen LogP contribution in [0, 0.1) is 26.7 Å². The maximum Gasteiger partial charge on any atom is -0.0146 e. The van der Waals surface area contributed by atoms with E-state index in [0.717, 1.165) is 0 Å². The van der Waals surface area contributed by atoms with Crippen molar-refractivity contribution in [3.05, 3.63) is 45.8 Å². The van der Waals surface area contributed by atoms with Gasteiger partial charge < -0.3 is 0 Å². The summed E-state index contributed by atoms with van der Waals surface area (Å²) in [6, 6.07) is 8.65. The molecule has 0 spiro atoms. The van der Waals surface area contributed by atoms with Crippen LogP contribution in [0.1, 0.15) is 25.0 Å². The van der Waals surface area contributed by atoms with Crippen molar-refractivity contribution in [2.24, 2.45) is 0 Å². The van der Waals surface area contributed by atoms with Crippen LogP contribution in [0.5, 0.6) is 0 Å². The molecule has 0 saturated carbocycles. The van der Waals surface area contributed by atoms with Crippen LogP contribution in [0.15, 0.2) is 24.3 Å². The van der Waals surface area contributed by atoms with Crippen molar-refractivity contribution in [2.75, 3.05) is 0 Å².